The average molecular weight is 352 g/mol. The van der Waals surface area contributed by atoms with E-state index >= 15 is 0 Å². The van der Waals surface area contributed by atoms with Crippen molar-refractivity contribution in [2.75, 3.05) is 19.0 Å². The van der Waals surface area contributed by atoms with Crippen molar-refractivity contribution in [1.82, 2.24) is 9.97 Å². The number of hydrogen-bond acceptors (Lipinski definition) is 4. The van der Waals surface area contributed by atoms with Gasteiger partial charge in [-0.3, -0.25) is 0 Å². The van der Waals surface area contributed by atoms with Gasteiger partial charge in [0.1, 0.15) is 12.1 Å². The van der Waals surface area contributed by atoms with Gasteiger partial charge in [0.25, 0.3) is 0 Å². The number of halogens is 1. The molecule has 5 heteroatoms. The van der Waals surface area contributed by atoms with Gasteiger partial charge in [0.2, 0.25) is 0 Å². The van der Waals surface area contributed by atoms with Gasteiger partial charge in [0.05, 0.1) is 12.1 Å². The molecule has 4 nitrogen and oxygen atoms in total. The number of anilines is 1. The van der Waals surface area contributed by atoms with E-state index in [0.29, 0.717) is 24.6 Å². The summed E-state index contributed by atoms with van der Waals surface area (Å²) in [6.45, 7) is 1.21. The van der Waals surface area contributed by atoms with Crippen molar-refractivity contribution in [3.05, 3.63) is 64.9 Å². The van der Waals surface area contributed by atoms with E-state index in [9.17, 15) is 0 Å². The molecule has 0 aliphatic heterocycles. The summed E-state index contributed by atoms with van der Waals surface area (Å²) >= 11 is 6.03. The number of methoxy groups -OCH3 is 1. The van der Waals surface area contributed by atoms with Crippen LogP contribution in [-0.2, 0) is 11.3 Å². The SMILES string of the molecule is COCc1cc(Cl)ccc1C#CCCNc1ncnc2ccccc12. The standard InChI is InChI=1S/C20H18ClN3O/c1-25-13-16-12-17(21)10-9-15(16)6-4-5-11-22-20-18-7-2-3-8-19(18)23-14-24-20/h2-3,7-10,12,14H,5,11,13H2,1H3,(H,22,23,24). The molecule has 1 N–H and O–H groups in total. The molecule has 25 heavy (non-hydrogen) atoms. The van der Waals surface area contributed by atoms with E-state index < -0.39 is 0 Å². The molecule has 0 radical (unpaired) electrons. The van der Waals surface area contributed by atoms with Gasteiger partial charge in [-0.05, 0) is 35.9 Å². The second-order valence-electron chi connectivity index (χ2n) is 5.45. The Morgan fingerprint density at radius 2 is 2.04 bits per heavy atom. The molecule has 0 amide bonds. The lowest BCUT2D eigenvalue weighted by atomic mass is 10.1. The summed E-state index contributed by atoms with van der Waals surface area (Å²) in [5.74, 6) is 7.20. The Hall–Kier alpha value is -2.61. The molecule has 0 atom stereocenters. The largest absolute Gasteiger partial charge is 0.380 e. The quantitative estimate of drug-likeness (QED) is 0.550. The van der Waals surface area contributed by atoms with Crippen molar-refractivity contribution in [2.45, 2.75) is 13.0 Å². The monoisotopic (exact) mass is 351 g/mol. The number of hydrogen-bond donors (Lipinski definition) is 1. The minimum absolute atomic E-state index is 0.496. The van der Waals surface area contributed by atoms with Gasteiger partial charge in [-0.25, -0.2) is 9.97 Å². The number of benzene rings is 2. The first-order valence-electron chi connectivity index (χ1n) is 7.98. The summed E-state index contributed by atoms with van der Waals surface area (Å²) < 4.78 is 5.20. The summed E-state index contributed by atoms with van der Waals surface area (Å²) in [5, 5.41) is 5.03. The molecule has 0 aliphatic carbocycles. The Balaban J connectivity index is 1.63. The van der Waals surface area contributed by atoms with Gasteiger partial charge in [-0.2, -0.15) is 0 Å². The third kappa shape index (κ3) is 4.48. The summed E-state index contributed by atoms with van der Waals surface area (Å²) in [5.41, 5.74) is 2.87. The molecule has 2 aromatic carbocycles. The normalized spacial score (nSPS) is 10.3. The molecule has 0 bridgehead atoms. The Kier molecular flexibility index (Phi) is 5.84. The Bertz CT molecular complexity index is 926. The zero-order valence-electron chi connectivity index (χ0n) is 13.9. The molecular formula is C20H18ClN3O. The highest BCUT2D eigenvalue weighted by Crippen LogP contribution is 2.18. The van der Waals surface area contributed by atoms with Gasteiger partial charge in [0, 0.05) is 36.0 Å². The van der Waals surface area contributed by atoms with Gasteiger partial charge >= 0.3 is 0 Å². The molecular weight excluding hydrogens is 334 g/mol. The lowest BCUT2D eigenvalue weighted by Gasteiger charge is -2.06. The summed E-state index contributed by atoms with van der Waals surface area (Å²) in [6.07, 6.45) is 2.27. The summed E-state index contributed by atoms with van der Waals surface area (Å²) in [6, 6.07) is 13.6. The van der Waals surface area contributed by atoms with Crippen LogP contribution in [0.3, 0.4) is 0 Å². The van der Waals surface area contributed by atoms with Crippen LogP contribution in [-0.4, -0.2) is 23.6 Å². The van der Waals surface area contributed by atoms with Gasteiger partial charge in [-0.1, -0.05) is 35.6 Å². The third-order valence-corrected chi connectivity index (χ3v) is 3.91. The van der Waals surface area contributed by atoms with Crippen LogP contribution in [0.5, 0.6) is 0 Å². The summed E-state index contributed by atoms with van der Waals surface area (Å²) in [7, 11) is 1.66. The van der Waals surface area contributed by atoms with Crippen LogP contribution in [0.4, 0.5) is 5.82 Å². The highest BCUT2D eigenvalue weighted by atomic mass is 35.5. The minimum Gasteiger partial charge on any atom is -0.380 e. The van der Waals surface area contributed by atoms with Gasteiger partial charge in [-0.15, -0.1) is 0 Å². The fourth-order valence-corrected chi connectivity index (χ4v) is 2.70. The maximum atomic E-state index is 6.03. The molecule has 1 aromatic heterocycles. The topological polar surface area (TPSA) is 47.0 Å². The fraction of sp³-hybridized carbons (Fsp3) is 0.200. The van der Waals surface area contributed by atoms with E-state index in [-0.39, 0.29) is 0 Å². The average Bonchev–Trinajstić information content (AvgIpc) is 2.63. The van der Waals surface area contributed by atoms with Gasteiger partial charge in [0.15, 0.2) is 0 Å². The zero-order chi connectivity index (χ0) is 17.5. The zero-order valence-corrected chi connectivity index (χ0v) is 14.7. The van der Waals surface area contributed by atoms with E-state index in [4.69, 9.17) is 16.3 Å². The highest BCUT2D eigenvalue weighted by Gasteiger charge is 2.02. The van der Waals surface area contributed by atoms with Crippen LogP contribution < -0.4 is 5.32 Å². The van der Waals surface area contributed by atoms with Gasteiger partial charge < -0.3 is 10.1 Å². The number of rotatable bonds is 5. The third-order valence-electron chi connectivity index (χ3n) is 3.68. The number of aromatic nitrogens is 2. The predicted molar refractivity (Wildman–Crippen MR) is 102 cm³/mol. The molecule has 1 heterocycles. The minimum atomic E-state index is 0.496. The van der Waals surface area contributed by atoms with Crippen molar-refractivity contribution in [2.24, 2.45) is 0 Å². The molecule has 0 fully saturated rings. The van der Waals surface area contributed by atoms with Crippen molar-refractivity contribution < 1.29 is 4.74 Å². The van der Waals surface area contributed by atoms with E-state index in [1.54, 1.807) is 13.4 Å². The van der Waals surface area contributed by atoms with Crippen LogP contribution in [0.25, 0.3) is 10.9 Å². The van der Waals surface area contributed by atoms with Crippen LogP contribution in [0.2, 0.25) is 5.02 Å². The maximum Gasteiger partial charge on any atom is 0.137 e. The molecule has 0 aliphatic rings. The van der Waals surface area contributed by atoms with Crippen molar-refractivity contribution >= 4 is 28.3 Å². The van der Waals surface area contributed by atoms with Crippen molar-refractivity contribution in [1.29, 1.82) is 0 Å². The molecule has 0 saturated heterocycles. The molecule has 3 rings (SSSR count). The first kappa shape index (κ1) is 17.2. The van der Waals surface area contributed by atoms with E-state index in [0.717, 1.165) is 27.8 Å². The van der Waals surface area contributed by atoms with Crippen LogP contribution in [0.15, 0.2) is 48.8 Å². The maximum absolute atomic E-state index is 6.03. The number of nitrogens with zero attached hydrogens (tertiary/aromatic N) is 2. The predicted octanol–water partition coefficient (Wildman–Crippen LogP) is 4.28. The molecule has 0 saturated carbocycles. The Morgan fingerprint density at radius 1 is 1.16 bits per heavy atom. The number of fused-ring (bicyclic) bond motifs is 1. The lowest BCUT2D eigenvalue weighted by Crippen LogP contribution is -2.03. The second kappa shape index (κ2) is 8.48. The van der Waals surface area contributed by atoms with Crippen LogP contribution in [0, 0.1) is 11.8 Å². The first-order chi connectivity index (χ1) is 12.3. The number of para-hydroxylation sites is 1. The molecule has 0 unspecified atom stereocenters. The highest BCUT2D eigenvalue weighted by molar-refractivity contribution is 6.30. The van der Waals surface area contributed by atoms with E-state index in [2.05, 4.69) is 27.1 Å². The number of nitrogens with one attached hydrogen (secondary N) is 1. The Labute approximate surface area is 152 Å². The molecule has 3 aromatic rings. The van der Waals surface area contributed by atoms with E-state index in [1.807, 2.05) is 42.5 Å². The second-order valence-corrected chi connectivity index (χ2v) is 5.89. The molecule has 0 spiro atoms. The smallest absolute Gasteiger partial charge is 0.137 e. The Morgan fingerprint density at radius 3 is 2.92 bits per heavy atom. The van der Waals surface area contributed by atoms with Crippen LogP contribution in [0.1, 0.15) is 17.5 Å². The van der Waals surface area contributed by atoms with Crippen molar-refractivity contribution in [3.8, 4) is 11.8 Å². The lowest BCUT2D eigenvalue weighted by molar-refractivity contribution is 0.184. The van der Waals surface area contributed by atoms with Crippen molar-refractivity contribution in [3.63, 3.8) is 0 Å². The first-order valence-corrected chi connectivity index (χ1v) is 8.35. The van der Waals surface area contributed by atoms with E-state index in [1.165, 1.54) is 0 Å². The van der Waals surface area contributed by atoms with Crippen LogP contribution >= 0.6 is 11.6 Å². The fourth-order valence-electron chi connectivity index (χ4n) is 2.51. The number of ether oxygens (including phenoxy) is 1. The molecule has 126 valence electrons. The summed E-state index contributed by atoms with van der Waals surface area (Å²) in [4.78, 5) is 8.57.